The quantitative estimate of drug-likeness (QED) is 0.696. The average molecular weight is 272 g/mol. The predicted molar refractivity (Wildman–Crippen MR) is 74.8 cm³/mol. The largest absolute Gasteiger partial charge is 0.388 e. The van der Waals surface area contributed by atoms with E-state index in [4.69, 9.17) is 0 Å². The number of thioether (sulfide) groups is 1. The molecule has 5 heteroatoms. The normalized spacial score (nSPS) is 24.1. The molecule has 104 valence electrons. The molecule has 1 heterocycles. The fourth-order valence-electron chi connectivity index (χ4n) is 2.68. The van der Waals surface area contributed by atoms with E-state index in [-0.39, 0.29) is 5.91 Å². The van der Waals surface area contributed by atoms with Crippen molar-refractivity contribution in [3.63, 3.8) is 0 Å². The fourth-order valence-corrected chi connectivity index (χ4v) is 3.74. The summed E-state index contributed by atoms with van der Waals surface area (Å²) in [6.45, 7) is 2.57. The number of nitrogens with one attached hydrogen (secondary N) is 2. The minimum absolute atomic E-state index is 0.0684. The lowest BCUT2D eigenvalue weighted by atomic mass is 10.0. The number of amides is 1. The Bertz CT molecular complexity index is 274. The second kappa shape index (κ2) is 6.78. The van der Waals surface area contributed by atoms with Gasteiger partial charge in [0.05, 0.1) is 11.4 Å². The van der Waals surface area contributed by atoms with E-state index in [0.29, 0.717) is 17.5 Å². The van der Waals surface area contributed by atoms with E-state index in [1.54, 1.807) is 11.8 Å². The molecule has 4 nitrogen and oxygen atoms in total. The molecule has 2 rings (SSSR count). The fraction of sp³-hybridized carbons (Fsp3) is 0.923. The lowest BCUT2D eigenvalue weighted by Crippen LogP contribution is -2.41. The van der Waals surface area contributed by atoms with E-state index in [0.717, 1.165) is 51.6 Å². The molecule has 1 amide bonds. The Morgan fingerprint density at radius 1 is 1.33 bits per heavy atom. The van der Waals surface area contributed by atoms with Gasteiger partial charge < -0.3 is 15.7 Å². The van der Waals surface area contributed by atoms with Gasteiger partial charge in [-0.2, -0.15) is 0 Å². The molecule has 18 heavy (non-hydrogen) atoms. The number of carbonyl (C=O) groups is 1. The van der Waals surface area contributed by atoms with Crippen LogP contribution < -0.4 is 10.6 Å². The highest BCUT2D eigenvalue weighted by Crippen LogP contribution is 2.28. The summed E-state index contributed by atoms with van der Waals surface area (Å²) in [4.78, 5) is 11.7. The van der Waals surface area contributed by atoms with Gasteiger partial charge in [0.25, 0.3) is 0 Å². The summed E-state index contributed by atoms with van der Waals surface area (Å²) in [5, 5.41) is 16.9. The third-order valence-corrected chi connectivity index (χ3v) is 5.26. The van der Waals surface area contributed by atoms with E-state index in [1.165, 1.54) is 0 Å². The van der Waals surface area contributed by atoms with Crippen LogP contribution >= 0.6 is 11.8 Å². The molecule has 3 N–H and O–H groups in total. The van der Waals surface area contributed by atoms with Gasteiger partial charge in [0.2, 0.25) is 5.91 Å². The molecule has 0 radical (unpaired) electrons. The van der Waals surface area contributed by atoms with Crippen LogP contribution in [-0.4, -0.2) is 47.3 Å². The number of piperidine rings is 1. The van der Waals surface area contributed by atoms with Crippen LogP contribution in [-0.2, 0) is 4.79 Å². The maximum absolute atomic E-state index is 11.7. The highest BCUT2D eigenvalue weighted by atomic mass is 32.2. The number of hydrogen-bond donors (Lipinski definition) is 3. The monoisotopic (exact) mass is 272 g/mol. The maximum Gasteiger partial charge on any atom is 0.230 e. The second-order valence-corrected chi connectivity index (χ2v) is 6.76. The van der Waals surface area contributed by atoms with Crippen molar-refractivity contribution in [2.24, 2.45) is 0 Å². The molecule has 2 fully saturated rings. The summed E-state index contributed by atoms with van der Waals surface area (Å²) in [6, 6.07) is 0. The van der Waals surface area contributed by atoms with Crippen LogP contribution in [0.25, 0.3) is 0 Å². The molecule has 0 unspecified atom stereocenters. The van der Waals surface area contributed by atoms with Gasteiger partial charge in [-0.3, -0.25) is 4.79 Å². The first-order valence-electron chi connectivity index (χ1n) is 6.99. The second-order valence-electron chi connectivity index (χ2n) is 5.47. The molecule has 0 aromatic heterocycles. The van der Waals surface area contributed by atoms with Gasteiger partial charge >= 0.3 is 0 Å². The Labute approximate surface area is 113 Å². The lowest BCUT2D eigenvalue weighted by Gasteiger charge is -2.24. The van der Waals surface area contributed by atoms with Crippen LogP contribution in [0.1, 0.15) is 38.5 Å². The molecule has 1 aliphatic carbocycles. The summed E-state index contributed by atoms with van der Waals surface area (Å²) >= 11 is 1.75. The third kappa shape index (κ3) is 4.44. The SMILES string of the molecule is O=C(CSC1CCNCC1)NCC1(O)CCCC1. The van der Waals surface area contributed by atoms with E-state index >= 15 is 0 Å². The average Bonchev–Trinajstić information content (AvgIpc) is 2.83. The summed E-state index contributed by atoms with van der Waals surface area (Å²) in [6.07, 6.45) is 6.12. The van der Waals surface area contributed by atoms with Crippen molar-refractivity contribution in [3.8, 4) is 0 Å². The topological polar surface area (TPSA) is 61.4 Å². The summed E-state index contributed by atoms with van der Waals surface area (Å²) in [5.74, 6) is 0.597. The maximum atomic E-state index is 11.7. The summed E-state index contributed by atoms with van der Waals surface area (Å²) < 4.78 is 0. The highest BCUT2D eigenvalue weighted by molar-refractivity contribution is 8.00. The Hall–Kier alpha value is -0.260. The third-order valence-electron chi connectivity index (χ3n) is 3.89. The minimum atomic E-state index is -0.630. The molecule has 0 aromatic rings. The standard InChI is InChI=1S/C13H24N2O2S/c16-12(9-18-11-3-7-14-8-4-11)15-10-13(17)5-1-2-6-13/h11,14,17H,1-10H2,(H,15,16). The number of aliphatic hydroxyl groups is 1. The molecule has 1 aliphatic heterocycles. The molecule has 0 atom stereocenters. The van der Waals surface area contributed by atoms with Crippen LogP contribution in [0.3, 0.4) is 0 Å². The first kappa shape index (κ1) is 14.2. The zero-order chi connectivity index (χ0) is 12.8. The van der Waals surface area contributed by atoms with Crippen molar-refractivity contribution in [3.05, 3.63) is 0 Å². The molecular weight excluding hydrogens is 248 g/mol. The van der Waals surface area contributed by atoms with Crippen LogP contribution in [0.4, 0.5) is 0 Å². The molecule has 0 aromatic carbocycles. The smallest absolute Gasteiger partial charge is 0.230 e. The highest BCUT2D eigenvalue weighted by Gasteiger charge is 2.31. The van der Waals surface area contributed by atoms with E-state index in [2.05, 4.69) is 10.6 Å². The van der Waals surface area contributed by atoms with Crippen molar-refractivity contribution in [1.82, 2.24) is 10.6 Å². The Morgan fingerprint density at radius 2 is 2.00 bits per heavy atom. The minimum Gasteiger partial charge on any atom is -0.388 e. The van der Waals surface area contributed by atoms with Gasteiger partial charge in [0.1, 0.15) is 0 Å². The van der Waals surface area contributed by atoms with E-state index in [1.807, 2.05) is 0 Å². The first-order chi connectivity index (χ1) is 8.68. The van der Waals surface area contributed by atoms with E-state index in [9.17, 15) is 9.90 Å². The number of rotatable bonds is 5. The van der Waals surface area contributed by atoms with Crippen LogP contribution in [0.2, 0.25) is 0 Å². The van der Waals surface area contributed by atoms with Gasteiger partial charge in [-0.25, -0.2) is 0 Å². The Kier molecular flexibility index (Phi) is 5.33. The molecule has 2 aliphatic rings. The van der Waals surface area contributed by atoms with Crippen molar-refractivity contribution in [2.45, 2.75) is 49.4 Å². The van der Waals surface area contributed by atoms with Crippen LogP contribution in [0, 0.1) is 0 Å². The lowest BCUT2D eigenvalue weighted by molar-refractivity contribution is -0.119. The van der Waals surface area contributed by atoms with Gasteiger partial charge in [-0.1, -0.05) is 12.8 Å². The molecule has 1 saturated heterocycles. The molecule has 0 spiro atoms. The van der Waals surface area contributed by atoms with Crippen molar-refractivity contribution < 1.29 is 9.90 Å². The van der Waals surface area contributed by atoms with Gasteiger partial charge in [-0.15, -0.1) is 11.8 Å². The number of hydrogen-bond acceptors (Lipinski definition) is 4. The Balaban J connectivity index is 1.59. The van der Waals surface area contributed by atoms with Gasteiger partial charge in [-0.05, 0) is 38.8 Å². The number of carbonyl (C=O) groups excluding carboxylic acids is 1. The Morgan fingerprint density at radius 3 is 2.67 bits per heavy atom. The van der Waals surface area contributed by atoms with Crippen LogP contribution in [0.15, 0.2) is 0 Å². The zero-order valence-corrected chi connectivity index (χ0v) is 11.7. The summed E-state index contributed by atoms with van der Waals surface area (Å²) in [7, 11) is 0. The van der Waals surface area contributed by atoms with Crippen molar-refractivity contribution in [2.75, 3.05) is 25.4 Å². The molecule has 0 bridgehead atoms. The molecular formula is C13H24N2O2S. The molecule has 1 saturated carbocycles. The van der Waals surface area contributed by atoms with Crippen molar-refractivity contribution >= 4 is 17.7 Å². The zero-order valence-electron chi connectivity index (χ0n) is 10.9. The van der Waals surface area contributed by atoms with Gasteiger partial charge in [0, 0.05) is 11.8 Å². The van der Waals surface area contributed by atoms with Crippen molar-refractivity contribution in [1.29, 1.82) is 0 Å². The van der Waals surface area contributed by atoms with Crippen LogP contribution in [0.5, 0.6) is 0 Å². The first-order valence-corrected chi connectivity index (χ1v) is 8.04. The van der Waals surface area contributed by atoms with Gasteiger partial charge in [0.15, 0.2) is 0 Å². The van der Waals surface area contributed by atoms with E-state index < -0.39 is 5.60 Å². The summed E-state index contributed by atoms with van der Waals surface area (Å²) in [5.41, 5.74) is -0.630. The predicted octanol–water partition coefficient (Wildman–Crippen LogP) is 0.893.